The molecule has 0 atom stereocenters. The van der Waals surface area contributed by atoms with Crippen LogP contribution in [-0.2, 0) is 0 Å². The van der Waals surface area contributed by atoms with Gasteiger partial charge in [0.25, 0.3) is 0 Å². The molecular weight excluding hydrogens is 322 g/mol. The van der Waals surface area contributed by atoms with Crippen LogP contribution in [0, 0.1) is 0 Å². The SMILES string of the molecule is COc1ccccc1Sc1ncc(N2CCC(C)(N)CC2)nc1N. The number of piperidine rings is 1. The zero-order valence-corrected chi connectivity index (χ0v) is 14.8. The minimum Gasteiger partial charge on any atom is -0.496 e. The molecule has 1 aromatic carbocycles. The summed E-state index contributed by atoms with van der Waals surface area (Å²) < 4.78 is 5.37. The van der Waals surface area contributed by atoms with Crippen molar-refractivity contribution in [1.82, 2.24) is 9.97 Å². The minimum absolute atomic E-state index is 0.0882. The lowest BCUT2D eigenvalue weighted by molar-refractivity contribution is 0.363. The Labute approximate surface area is 146 Å². The van der Waals surface area contributed by atoms with Crippen LogP contribution in [0.1, 0.15) is 19.8 Å². The van der Waals surface area contributed by atoms with Gasteiger partial charge in [0.2, 0.25) is 0 Å². The van der Waals surface area contributed by atoms with Crippen LogP contribution in [0.25, 0.3) is 0 Å². The Hall–Kier alpha value is -1.99. The summed E-state index contributed by atoms with van der Waals surface area (Å²) in [5, 5.41) is 0.684. The van der Waals surface area contributed by atoms with Gasteiger partial charge in [-0.2, -0.15) is 0 Å². The molecule has 1 fully saturated rings. The van der Waals surface area contributed by atoms with E-state index < -0.39 is 0 Å². The Kier molecular flexibility index (Phi) is 4.82. The third-order valence-electron chi connectivity index (χ3n) is 4.26. The topological polar surface area (TPSA) is 90.3 Å². The molecule has 24 heavy (non-hydrogen) atoms. The Morgan fingerprint density at radius 2 is 1.96 bits per heavy atom. The number of nitrogen functional groups attached to an aromatic ring is 1. The number of para-hydroxylation sites is 1. The van der Waals surface area contributed by atoms with Crippen molar-refractivity contribution in [2.24, 2.45) is 5.73 Å². The van der Waals surface area contributed by atoms with Crippen LogP contribution in [0.3, 0.4) is 0 Å². The van der Waals surface area contributed by atoms with Gasteiger partial charge in [0, 0.05) is 18.6 Å². The number of methoxy groups -OCH3 is 1. The second-order valence-electron chi connectivity index (χ2n) is 6.31. The molecule has 1 aliphatic rings. The lowest BCUT2D eigenvalue weighted by Crippen LogP contribution is -2.48. The van der Waals surface area contributed by atoms with Crippen molar-refractivity contribution in [2.75, 3.05) is 30.8 Å². The standard InChI is InChI=1S/C17H23N5OS/c1-17(19)7-9-22(10-8-17)14-11-20-16(15(18)21-14)24-13-6-4-3-5-12(13)23-2/h3-6,11H,7-10,19H2,1-2H3,(H2,18,21). The van der Waals surface area contributed by atoms with Gasteiger partial charge in [-0.05, 0) is 31.9 Å². The minimum atomic E-state index is -0.0882. The lowest BCUT2D eigenvalue weighted by atomic mass is 9.91. The molecule has 4 N–H and O–H groups in total. The molecule has 1 aromatic heterocycles. The largest absolute Gasteiger partial charge is 0.496 e. The Bertz CT molecular complexity index is 712. The highest BCUT2D eigenvalue weighted by Crippen LogP contribution is 2.36. The molecular formula is C17H23N5OS. The average Bonchev–Trinajstić information content (AvgIpc) is 2.57. The smallest absolute Gasteiger partial charge is 0.158 e. The van der Waals surface area contributed by atoms with Gasteiger partial charge in [-0.25, -0.2) is 9.97 Å². The number of benzene rings is 1. The molecule has 0 saturated carbocycles. The van der Waals surface area contributed by atoms with Crippen LogP contribution in [0.2, 0.25) is 0 Å². The molecule has 1 saturated heterocycles. The van der Waals surface area contributed by atoms with E-state index in [2.05, 4.69) is 21.8 Å². The van der Waals surface area contributed by atoms with E-state index >= 15 is 0 Å². The van der Waals surface area contributed by atoms with Crippen LogP contribution < -0.4 is 21.1 Å². The molecule has 2 aromatic rings. The van der Waals surface area contributed by atoms with Crippen molar-refractivity contribution in [2.45, 2.75) is 35.2 Å². The zero-order valence-electron chi connectivity index (χ0n) is 14.0. The molecule has 6 nitrogen and oxygen atoms in total. The van der Waals surface area contributed by atoms with Gasteiger partial charge < -0.3 is 21.1 Å². The number of nitrogens with two attached hydrogens (primary N) is 2. The van der Waals surface area contributed by atoms with Crippen LogP contribution in [0.5, 0.6) is 5.75 Å². The summed E-state index contributed by atoms with van der Waals surface area (Å²) in [5.74, 6) is 2.04. The molecule has 0 bridgehead atoms. The van der Waals surface area contributed by atoms with E-state index in [9.17, 15) is 0 Å². The summed E-state index contributed by atoms with van der Waals surface area (Å²) in [4.78, 5) is 12.2. The zero-order chi connectivity index (χ0) is 17.2. The fourth-order valence-corrected chi connectivity index (χ4v) is 3.53. The van der Waals surface area contributed by atoms with Gasteiger partial charge in [0.15, 0.2) is 5.82 Å². The molecule has 0 amide bonds. The van der Waals surface area contributed by atoms with Crippen molar-refractivity contribution < 1.29 is 4.74 Å². The van der Waals surface area contributed by atoms with Crippen LogP contribution >= 0.6 is 11.8 Å². The normalized spacial score (nSPS) is 16.9. The number of hydrogen-bond donors (Lipinski definition) is 2. The van der Waals surface area contributed by atoms with Gasteiger partial charge in [-0.3, -0.25) is 0 Å². The van der Waals surface area contributed by atoms with E-state index in [1.54, 1.807) is 13.3 Å². The van der Waals surface area contributed by atoms with Crippen molar-refractivity contribution in [3.63, 3.8) is 0 Å². The first-order valence-corrected chi connectivity index (χ1v) is 8.77. The van der Waals surface area contributed by atoms with Crippen LogP contribution in [0.15, 0.2) is 40.4 Å². The Morgan fingerprint density at radius 3 is 2.62 bits per heavy atom. The van der Waals surface area contributed by atoms with Crippen molar-refractivity contribution in [3.8, 4) is 5.75 Å². The predicted octanol–water partition coefficient (Wildman–Crippen LogP) is 2.54. The fourth-order valence-electron chi connectivity index (χ4n) is 2.67. The Morgan fingerprint density at radius 1 is 1.25 bits per heavy atom. The van der Waals surface area contributed by atoms with E-state index in [-0.39, 0.29) is 5.54 Å². The third kappa shape index (κ3) is 3.73. The maximum Gasteiger partial charge on any atom is 0.158 e. The van der Waals surface area contributed by atoms with Gasteiger partial charge in [0.1, 0.15) is 16.6 Å². The molecule has 1 aliphatic heterocycles. The number of nitrogens with zero attached hydrogens (tertiary/aromatic N) is 3. The summed E-state index contributed by atoms with van der Waals surface area (Å²) in [7, 11) is 1.65. The van der Waals surface area contributed by atoms with Crippen molar-refractivity contribution in [3.05, 3.63) is 30.5 Å². The maximum atomic E-state index is 6.18. The summed E-state index contributed by atoms with van der Waals surface area (Å²) in [6, 6.07) is 7.78. The van der Waals surface area contributed by atoms with E-state index in [4.69, 9.17) is 16.2 Å². The van der Waals surface area contributed by atoms with Crippen molar-refractivity contribution in [1.29, 1.82) is 0 Å². The second kappa shape index (κ2) is 6.86. The van der Waals surface area contributed by atoms with Crippen molar-refractivity contribution >= 4 is 23.4 Å². The highest BCUT2D eigenvalue weighted by atomic mass is 32.2. The predicted molar refractivity (Wildman–Crippen MR) is 97.6 cm³/mol. The molecule has 0 spiro atoms. The Balaban J connectivity index is 1.76. The van der Waals surface area contributed by atoms with Gasteiger partial charge >= 0.3 is 0 Å². The van der Waals surface area contributed by atoms with Gasteiger partial charge in [-0.1, -0.05) is 23.9 Å². The van der Waals surface area contributed by atoms with Crippen LogP contribution in [0.4, 0.5) is 11.6 Å². The monoisotopic (exact) mass is 345 g/mol. The number of aromatic nitrogens is 2. The van der Waals surface area contributed by atoms with E-state index in [0.717, 1.165) is 42.4 Å². The maximum absolute atomic E-state index is 6.18. The first-order valence-electron chi connectivity index (χ1n) is 7.96. The fraction of sp³-hybridized carbons (Fsp3) is 0.412. The number of rotatable bonds is 4. The van der Waals surface area contributed by atoms with Gasteiger partial charge in [0.05, 0.1) is 18.2 Å². The van der Waals surface area contributed by atoms with E-state index in [0.29, 0.717) is 10.8 Å². The molecule has 2 heterocycles. The highest BCUT2D eigenvalue weighted by molar-refractivity contribution is 7.99. The highest BCUT2D eigenvalue weighted by Gasteiger charge is 2.26. The quantitative estimate of drug-likeness (QED) is 0.880. The van der Waals surface area contributed by atoms with Crippen LogP contribution in [-0.4, -0.2) is 35.7 Å². The molecule has 7 heteroatoms. The third-order valence-corrected chi connectivity index (χ3v) is 5.32. The molecule has 3 rings (SSSR count). The van der Waals surface area contributed by atoms with Gasteiger partial charge in [-0.15, -0.1) is 0 Å². The average molecular weight is 345 g/mol. The van der Waals surface area contributed by atoms with E-state index in [1.807, 2.05) is 24.3 Å². The number of hydrogen-bond acceptors (Lipinski definition) is 7. The van der Waals surface area contributed by atoms with E-state index in [1.165, 1.54) is 11.8 Å². The summed E-state index contributed by atoms with van der Waals surface area (Å²) in [6.07, 6.45) is 3.66. The molecule has 0 unspecified atom stereocenters. The summed E-state index contributed by atoms with van der Waals surface area (Å²) in [5.41, 5.74) is 12.2. The summed E-state index contributed by atoms with van der Waals surface area (Å²) >= 11 is 1.46. The number of anilines is 2. The molecule has 0 aliphatic carbocycles. The summed E-state index contributed by atoms with van der Waals surface area (Å²) in [6.45, 7) is 3.84. The molecule has 128 valence electrons. The molecule has 0 radical (unpaired) electrons. The first kappa shape index (κ1) is 16.9. The second-order valence-corrected chi connectivity index (χ2v) is 7.34. The lowest BCUT2D eigenvalue weighted by Gasteiger charge is -2.37. The number of ether oxygens (including phenoxy) is 1. The first-order chi connectivity index (χ1) is 11.5.